The van der Waals surface area contributed by atoms with Gasteiger partial charge in [-0.25, -0.2) is 10.2 Å². The van der Waals surface area contributed by atoms with Crippen LogP contribution in [0.1, 0.15) is 26.3 Å². The van der Waals surface area contributed by atoms with Gasteiger partial charge in [0.15, 0.2) is 17.2 Å². The van der Waals surface area contributed by atoms with Crippen molar-refractivity contribution >= 4 is 50.0 Å². The summed E-state index contributed by atoms with van der Waals surface area (Å²) in [5.41, 5.74) is 3.37. The van der Waals surface area contributed by atoms with Crippen molar-refractivity contribution in [2.45, 2.75) is 0 Å². The van der Waals surface area contributed by atoms with E-state index in [1.54, 1.807) is 30.5 Å². The number of amides is 1. The molecule has 0 radical (unpaired) electrons. The topological polar surface area (TPSA) is 108 Å². The molecule has 1 amide bonds. The van der Waals surface area contributed by atoms with Crippen LogP contribution < -0.4 is 24.4 Å². The maximum Gasteiger partial charge on any atom is 0.343 e. The van der Waals surface area contributed by atoms with Crippen LogP contribution in [0, 0.1) is 0 Å². The Hall–Kier alpha value is -3.44. The van der Waals surface area contributed by atoms with Gasteiger partial charge in [-0.2, -0.15) is 5.10 Å². The van der Waals surface area contributed by atoms with Gasteiger partial charge in [0.05, 0.1) is 43.1 Å². The zero-order valence-corrected chi connectivity index (χ0v) is 21.5. The van der Waals surface area contributed by atoms with Gasteiger partial charge in [-0.15, -0.1) is 0 Å². The Balaban J connectivity index is 1.88. The second-order valence-electron chi connectivity index (χ2n) is 6.55. The highest BCUT2D eigenvalue weighted by molar-refractivity contribution is 9.11. The molecule has 1 heterocycles. The number of hydrazone groups is 1. The predicted octanol–water partition coefficient (Wildman–Crippen LogP) is 4.62. The van der Waals surface area contributed by atoms with Crippen LogP contribution >= 0.6 is 31.9 Å². The molecule has 0 saturated carbocycles. The van der Waals surface area contributed by atoms with Gasteiger partial charge in [-0.1, -0.05) is 15.9 Å². The van der Waals surface area contributed by atoms with E-state index in [1.165, 1.54) is 45.9 Å². The van der Waals surface area contributed by atoms with Crippen LogP contribution in [0.15, 0.2) is 62.8 Å². The van der Waals surface area contributed by atoms with Crippen molar-refractivity contribution in [1.82, 2.24) is 10.4 Å². The normalized spacial score (nSPS) is 10.6. The highest BCUT2D eigenvalue weighted by Crippen LogP contribution is 2.39. The fraction of sp³-hybridized carbons (Fsp3) is 0.130. The first kappa shape index (κ1) is 25.2. The number of methoxy groups -OCH3 is 3. The number of ether oxygens (including phenoxy) is 4. The summed E-state index contributed by atoms with van der Waals surface area (Å²) in [6.45, 7) is 0. The third-order valence-electron chi connectivity index (χ3n) is 4.43. The number of esters is 1. The van der Waals surface area contributed by atoms with E-state index in [0.29, 0.717) is 37.3 Å². The molecule has 0 spiro atoms. The van der Waals surface area contributed by atoms with Gasteiger partial charge in [0.1, 0.15) is 0 Å². The van der Waals surface area contributed by atoms with Crippen LogP contribution in [0.25, 0.3) is 0 Å². The summed E-state index contributed by atoms with van der Waals surface area (Å²) in [6.07, 6.45) is 4.35. The lowest BCUT2D eigenvalue weighted by Crippen LogP contribution is -2.18. The maximum atomic E-state index is 13.0. The van der Waals surface area contributed by atoms with E-state index in [4.69, 9.17) is 18.9 Å². The lowest BCUT2D eigenvalue weighted by atomic mass is 10.1. The summed E-state index contributed by atoms with van der Waals surface area (Å²) in [5.74, 6) is 0.0581. The number of halogens is 2. The Kier molecular flexibility index (Phi) is 8.61. The molecule has 0 atom stereocenters. The number of benzene rings is 2. The van der Waals surface area contributed by atoms with Crippen LogP contribution in [0.3, 0.4) is 0 Å². The second kappa shape index (κ2) is 11.6. The van der Waals surface area contributed by atoms with Crippen molar-refractivity contribution in [3.05, 3.63) is 74.4 Å². The number of hydrogen-bond donors (Lipinski definition) is 1. The Morgan fingerprint density at radius 1 is 0.971 bits per heavy atom. The summed E-state index contributed by atoms with van der Waals surface area (Å²) in [4.78, 5) is 29.1. The molecular formula is C23H19Br2N3O6. The highest BCUT2D eigenvalue weighted by Gasteiger charge is 2.20. The predicted molar refractivity (Wildman–Crippen MR) is 132 cm³/mol. The summed E-state index contributed by atoms with van der Waals surface area (Å²) >= 11 is 6.80. The molecule has 0 bridgehead atoms. The Morgan fingerprint density at radius 3 is 2.26 bits per heavy atom. The molecule has 3 aromatic rings. The van der Waals surface area contributed by atoms with Crippen molar-refractivity contribution in [3.63, 3.8) is 0 Å². The number of rotatable bonds is 8. The summed E-state index contributed by atoms with van der Waals surface area (Å²) in [7, 11) is 4.37. The Morgan fingerprint density at radius 2 is 1.68 bits per heavy atom. The fourth-order valence-corrected chi connectivity index (χ4v) is 4.20. The van der Waals surface area contributed by atoms with Crippen LogP contribution in [0.5, 0.6) is 23.0 Å². The molecule has 0 aliphatic carbocycles. The van der Waals surface area contributed by atoms with E-state index in [-0.39, 0.29) is 11.3 Å². The highest BCUT2D eigenvalue weighted by atomic mass is 79.9. The molecule has 0 fully saturated rings. The third-order valence-corrected chi connectivity index (χ3v) is 5.47. The third kappa shape index (κ3) is 5.91. The van der Waals surface area contributed by atoms with Gasteiger partial charge in [-0.05, 0) is 52.3 Å². The van der Waals surface area contributed by atoms with Crippen molar-refractivity contribution in [2.75, 3.05) is 21.3 Å². The number of carbonyl (C=O) groups excluding carboxylic acids is 2. The van der Waals surface area contributed by atoms with Gasteiger partial charge in [0, 0.05) is 22.4 Å². The SMILES string of the molecule is COc1cc(C(=O)Oc2c(Br)cc(Br)cc2/C=N/NC(=O)c2cccnc2)cc(OC)c1OC. The standard InChI is InChI=1S/C23H19Br2N3O6/c1-31-18-8-14(9-19(32-2)21(18)33-3)23(30)34-20-15(7-16(24)10-17(20)25)12-27-28-22(29)13-5-4-6-26-11-13/h4-12H,1-3H3,(H,28,29)/b27-12+. The first-order valence-corrected chi connectivity index (χ1v) is 11.2. The number of nitrogens with zero attached hydrogens (tertiary/aromatic N) is 2. The van der Waals surface area contributed by atoms with Crippen LogP contribution in [0.2, 0.25) is 0 Å². The Bertz CT molecular complexity index is 1210. The minimum atomic E-state index is -0.670. The molecule has 1 aromatic heterocycles. The number of aromatic nitrogens is 1. The molecule has 0 unspecified atom stereocenters. The molecule has 34 heavy (non-hydrogen) atoms. The van der Waals surface area contributed by atoms with Gasteiger partial charge in [0.2, 0.25) is 5.75 Å². The monoisotopic (exact) mass is 591 g/mol. The number of pyridine rings is 1. The lowest BCUT2D eigenvalue weighted by Gasteiger charge is -2.15. The van der Waals surface area contributed by atoms with Gasteiger partial charge in [-0.3, -0.25) is 9.78 Å². The number of carbonyl (C=O) groups is 2. The van der Waals surface area contributed by atoms with Gasteiger partial charge < -0.3 is 18.9 Å². The van der Waals surface area contributed by atoms with E-state index in [1.807, 2.05) is 0 Å². The molecule has 0 aliphatic rings. The first-order valence-electron chi connectivity index (χ1n) is 9.62. The van der Waals surface area contributed by atoms with E-state index < -0.39 is 11.9 Å². The lowest BCUT2D eigenvalue weighted by molar-refractivity contribution is 0.0732. The van der Waals surface area contributed by atoms with Gasteiger partial charge in [0.25, 0.3) is 5.91 Å². The Labute approximate surface area is 212 Å². The number of nitrogens with one attached hydrogen (secondary N) is 1. The molecule has 0 saturated heterocycles. The maximum absolute atomic E-state index is 13.0. The van der Waals surface area contributed by atoms with E-state index in [9.17, 15) is 9.59 Å². The largest absolute Gasteiger partial charge is 0.493 e. The zero-order chi connectivity index (χ0) is 24.7. The van der Waals surface area contributed by atoms with E-state index in [2.05, 4.69) is 47.4 Å². The minimum absolute atomic E-state index is 0.178. The van der Waals surface area contributed by atoms with Crippen molar-refractivity contribution < 1.29 is 28.5 Å². The summed E-state index contributed by atoms with van der Waals surface area (Å²) < 4.78 is 22.7. The average Bonchev–Trinajstić information content (AvgIpc) is 2.85. The fourth-order valence-electron chi connectivity index (χ4n) is 2.86. The van der Waals surface area contributed by atoms with Crippen LogP contribution in [0.4, 0.5) is 0 Å². The average molecular weight is 593 g/mol. The van der Waals surface area contributed by atoms with Crippen molar-refractivity contribution in [1.29, 1.82) is 0 Å². The van der Waals surface area contributed by atoms with Crippen LogP contribution in [-0.2, 0) is 0 Å². The smallest absolute Gasteiger partial charge is 0.343 e. The second-order valence-corrected chi connectivity index (χ2v) is 8.32. The van der Waals surface area contributed by atoms with Crippen molar-refractivity contribution in [3.8, 4) is 23.0 Å². The minimum Gasteiger partial charge on any atom is -0.493 e. The van der Waals surface area contributed by atoms with E-state index in [0.717, 1.165) is 0 Å². The molecule has 11 heteroatoms. The molecule has 1 N–H and O–H groups in total. The quantitative estimate of drug-likeness (QED) is 0.176. The van der Waals surface area contributed by atoms with Crippen molar-refractivity contribution in [2.24, 2.45) is 5.10 Å². The zero-order valence-electron chi connectivity index (χ0n) is 18.3. The number of hydrogen-bond acceptors (Lipinski definition) is 8. The van der Waals surface area contributed by atoms with Gasteiger partial charge >= 0.3 is 5.97 Å². The molecule has 2 aromatic carbocycles. The molecule has 3 rings (SSSR count). The summed E-state index contributed by atoms with van der Waals surface area (Å²) in [6, 6.07) is 9.62. The first-order chi connectivity index (χ1) is 16.4. The summed E-state index contributed by atoms with van der Waals surface area (Å²) in [5, 5.41) is 3.98. The molecule has 9 nitrogen and oxygen atoms in total. The van der Waals surface area contributed by atoms with Crippen LogP contribution in [-0.4, -0.2) is 44.4 Å². The molecular weight excluding hydrogens is 574 g/mol. The van der Waals surface area contributed by atoms with E-state index >= 15 is 0 Å². The molecule has 176 valence electrons. The molecule has 0 aliphatic heterocycles.